The number of amides is 1. The third kappa shape index (κ3) is 3.86. The number of hydrogen-bond donors (Lipinski definition) is 3. The molecule has 0 bridgehead atoms. The Balaban J connectivity index is 1.90. The van der Waals surface area contributed by atoms with Crippen LogP contribution in [0.5, 0.6) is 5.75 Å². The number of aromatic nitrogens is 1. The lowest BCUT2D eigenvalue weighted by Crippen LogP contribution is -2.34. The zero-order chi connectivity index (χ0) is 22.0. The first-order valence-corrected chi connectivity index (χ1v) is 9.48. The number of rotatable bonds is 6. The van der Waals surface area contributed by atoms with Gasteiger partial charge in [0, 0.05) is 38.0 Å². The fourth-order valence-corrected chi connectivity index (χ4v) is 3.72. The normalized spacial score (nSPS) is 24.0. The molecule has 4 atom stereocenters. The summed E-state index contributed by atoms with van der Waals surface area (Å²) in [6.45, 7) is 5.45. The minimum atomic E-state index is -1.22. The van der Waals surface area contributed by atoms with Gasteiger partial charge in [0.2, 0.25) is 0 Å². The van der Waals surface area contributed by atoms with E-state index in [1.807, 2.05) is 13.0 Å². The molecule has 0 radical (unpaired) electrons. The number of nitrogens with one attached hydrogen (secondary N) is 1. The second-order valence-corrected chi connectivity index (χ2v) is 7.09. The molecule has 1 amide bonds. The Kier molecular flexibility index (Phi) is 6.33. The summed E-state index contributed by atoms with van der Waals surface area (Å²) in [4.78, 5) is 20.3. The summed E-state index contributed by atoms with van der Waals surface area (Å²) in [5.41, 5.74) is 1.55. The second-order valence-electron chi connectivity index (χ2n) is 7.09. The van der Waals surface area contributed by atoms with Gasteiger partial charge in [-0.1, -0.05) is 0 Å². The quantitative estimate of drug-likeness (QED) is 0.625. The number of halogens is 1. The van der Waals surface area contributed by atoms with Crippen molar-refractivity contribution in [3.8, 4) is 5.75 Å². The van der Waals surface area contributed by atoms with Crippen LogP contribution in [0.3, 0.4) is 0 Å². The third-order valence-corrected chi connectivity index (χ3v) is 5.41. The summed E-state index contributed by atoms with van der Waals surface area (Å²) < 4.78 is 21.2. The molecule has 3 N–H and O–H groups in total. The molecule has 0 unspecified atom stereocenters. The number of carbonyl (C=O) groups is 1. The smallest absolute Gasteiger partial charge is 0.254 e. The molecule has 2 aromatic rings. The maximum absolute atomic E-state index is 13.6. The van der Waals surface area contributed by atoms with Crippen LogP contribution in [0.25, 0.3) is 0 Å². The van der Waals surface area contributed by atoms with Gasteiger partial charge in [-0.25, -0.2) is 9.38 Å². The van der Waals surface area contributed by atoms with Gasteiger partial charge in [0.25, 0.3) is 5.91 Å². The van der Waals surface area contributed by atoms with Crippen LogP contribution in [-0.2, 0) is 0 Å². The van der Waals surface area contributed by atoms with E-state index < -0.39 is 36.1 Å². The first-order chi connectivity index (χ1) is 14.3. The van der Waals surface area contributed by atoms with Crippen LogP contribution in [0, 0.1) is 5.82 Å². The van der Waals surface area contributed by atoms with E-state index >= 15 is 0 Å². The summed E-state index contributed by atoms with van der Waals surface area (Å²) >= 11 is 0. The summed E-state index contributed by atoms with van der Waals surface area (Å²) in [5, 5.41) is 23.7. The fraction of sp³-hybridized carbons (Fsp3) is 0.381. The molecule has 0 aliphatic heterocycles. The maximum atomic E-state index is 13.6. The Bertz CT molecular complexity index is 987. The fourth-order valence-electron chi connectivity index (χ4n) is 3.72. The van der Waals surface area contributed by atoms with Crippen LogP contribution in [-0.4, -0.2) is 65.5 Å². The zero-order valence-electron chi connectivity index (χ0n) is 17.0. The average Bonchev–Trinajstić information content (AvgIpc) is 3.29. The number of aliphatic hydroxyl groups is 2. The van der Waals surface area contributed by atoms with Gasteiger partial charge < -0.3 is 24.8 Å². The van der Waals surface area contributed by atoms with E-state index in [-0.39, 0.29) is 17.7 Å². The molecular weight excluding hydrogens is 391 g/mol. The molecule has 30 heavy (non-hydrogen) atoms. The number of aliphatic hydroxyl groups excluding tert-OH is 2. The van der Waals surface area contributed by atoms with E-state index in [0.717, 1.165) is 17.3 Å². The lowest BCUT2D eigenvalue weighted by molar-refractivity contribution is -0.0166. The van der Waals surface area contributed by atoms with Crippen molar-refractivity contribution < 1.29 is 24.1 Å². The van der Waals surface area contributed by atoms with E-state index in [0.29, 0.717) is 5.82 Å². The highest BCUT2D eigenvalue weighted by Crippen LogP contribution is 2.38. The second kappa shape index (κ2) is 8.76. The lowest BCUT2D eigenvalue weighted by Gasteiger charge is -2.20. The Hall–Kier alpha value is -3.04. The lowest BCUT2D eigenvalue weighted by atomic mass is 10.1. The van der Waals surface area contributed by atoms with Crippen LogP contribution in [0.2, 0.25) is 0 Å². The van der Waals surface area contributed by atoms with Gasteiger partial charge in [0.15, 0.2) is 0 Å². The van der Waals surface area contributed by atoms with Crippen LogP contribution in [0.1, 0.15) is 35.3 Å². The van der Waals surface area contributed by atoms with Crippen molar-refractivity contribution in [3.63, 3.8) is 0 Å². The number of ether oxygens (including phenoxy) is 1. The highest BCUT2D eigenvalue weighted by atomic mass is 19.1. The standard InChI is InChI=1S/C21H25FN4O4/c1-11(23-2)13-7-8-26(20(13)24-3)15-10-17(19(28)18(15)27)30-16-6-5-12(22)9-14(16)21(29)25-4/h5-9,15,17-19,27-28H,3,10H2,1-2,4H3,(H,25,29)/t15-,17+,18+,19-/m1/s1. The van der Waals surface area contributed by atoms with E-state index in [4.69, 9.17) is 4.74 Å². The van der Waals surface area contributed by atoms with E-state index in [1.54, 1.807) is 17.8 Å². The van der Waals surface area contributed by atoms with Crippen LogP contribution in [0.4, 0.5) is 10.2 Å². The summed E-state index contributed by atoms with van der Waals surface area (Å²) in [6.07, 6.45) is -1.18. The predicted molar refractivity (Wildman–Crippen MR) is 112 cm³/mol. The summed E-state index contributed by atoms with van der Waals surface area (Å²) in [5.74, 6) is -0.448. The van der Waals surface area contributed by atoms with E-state index in [2.05, 4.69) is 22.0 Å². The van der Waals surface area contributed by atoms with Gasteiger partial charge in [-0.2, -0.15) is 0 Å². The third-order valence-electron chi connectivity index (χ3n) is 5.41. The molecule has 1 aromatic heterocycles. The molecule has 8 nitrogen and oxygen atoms in total. The number of benzene rings is 1. The number of nitrogens with zero attached hydrogens (tertiary/aromatic N) is 3. The molecule has 1 aliphatic carbocycles. The Morgan fingerprint density at radius 2 is 2.03 bits per heavy atom. The highest BCUT2D eigenvalue weighted by molar-refractivity contribution is 6.02. The van der Waals surface area contributed by atoms with Crippen molar-refractivity contribution >= 4 is 24.2 Å². The van der Waals surface area contributed by atoms with Gasteiger partial charge in [-0.05, 0) is 37.9 Å². The maximum Gasteiger partial charge on any atom is 0.254 e. The van der Waals surface area contributed by atoms with Gasteiger partial charge in [-0.3, -0.25) is 9.79 Å². The molecule has 0 spiro atoms. The molecule has 160 valence electrons. The van der Waals surface area contributed by atoms with Crippen molar-refractivity contribution in [1.82, 2.24) is 9.88 Å². The molecule has 1 aromatic carbocycles. The molecular formula is C21H25FN4O4. The SMILES string of the molecule is C=Nc1c(C(C)=NC)ccn1[C@@H]1C[C@H](Oc2ccc(F)cc2C(=O)NC)[C@@H](O)[C@H]1O. The first-order valence-electron chi connectivity index (χ1n) is 9.48. The molecule has 3 rings (SSSR count). The van der Waals surface area contributed by atoms with Crippen molar-refractivity contribution in [2.45, 2.75) is 37.7 Å². The summed E-state index contributed by atoms with van der Waals surface area (Å²) in [6, 6.07) is 4.85. The minimum absolute atomic E-state index is 0.00844. The number of aliphatic imine (C=N–C) groups is 2. The van der Waals surface area contributed by atoms with Crippen molar-refractivity contribution in [1.29, 1.82) is 0 Å². The topological polar surface area (TPSA) is 108 Å². The van der Waals surface area contributed by atoms with E-state index in [9.17, 15) is 19.4 Å². The van der Waals surface area contributed by atoms with Crippen molar-refractivity contribution in [3.05, 3.63) is 47.4 Å². The number of carbonyl (C=O) groups excluding carboxylic acids is 1. The van der Waals surface area contributed by atoms with Crippen LogP contribution < -0.4 is 10.1 Å². The highest BCUT2D eigenvalue weighted by Gasteiger charge is 2.45. The number of hydrogen-bond acceptors (Lipinski definition) is 6. The van der Waals surface area contributed by atoms with Gasteiger partial charge in [-0.15, -0.1) is 0 Å². The molecule has 9 heteroatoms. The Morgan fingerprint density at radius 1 is 1.30 bits per heavy atom. The monoisotopic (exact) mass is 416 g/mol. The average molecular weight is 416 g/mol. The molecule has 0 saturated heterocycles. The molecule has 1 aliphatic rings. The minimum Gasteiger partial charge on any atom is -0.487 e. The largest absolute Gasteiger partial charge is 0.487 e. The zero-order valence-corrected chi connectivity index (χ0v) is 17.0. The van der Waals surface area contributed by atoms with Crippen LogP contribution in [0.15, 0.2) is 40.4 Å². The van der Waals surface area contributed by atoms with Crippen LogP contribution >= 0.6 is 0 Å². The van der Waals surface area contributed by atoms with Gasteiger partial charge in [0.1, 0.15) is 35.7 Å². The predicted octanol–water partition coefficient (Wildman–Crippen LogP) is 1.87. The van der Waals surface area contributed by atoms with E-state index in [1.165, 1.54) is 19.2 Å². The summed E-state index contributed by atoms with van der Waals surface area (Å²) in [7, 11) is 3.10. The Labute approximate surface area is 173 Å². The first kappa shape index (κ1) is 21.7. The molecule has 1 heterocycles. The molecule has 1 fully saturated rings. The van der Waals surface area contributed by atoms with Gasteiger partial charge >= 0.3 is 0 Å². The Morgan fingerprint density at radius 3 is 2.67 bits per heavy atom. The van der Waals surface area contributed by atoms with Gasteiger partial charge in [0.05, 0.1) is 11.6 Å². The molecule has 1 saturated carbocycles. The van der Waals surface area contributed by atoms with Crippen molar-refractivity contribution in [2.75, 3.05) is 14.1 Å². The van der Waals surface area contributed by atoms with Crippen molar-refractivity contribution in [2.24, 2.45) is 9.98 Å².